The van der Waals surface area contributed by atoms with E-state index in [4.69, 9.17) is 0 Å². The fourth-order valence-electron chi connectivity index (χ4n) is 3.03. The maximum Gasteiger partial charge on any atom is 0.318 e. The second-order valence-electron chi connectivity index (χ2n) is 5.84. The van der Waals surface area contributed by atoms with Gasteiger partial charge < -0.3 is 15.3 Å². The normalized spacial score (nSPS) is 22.7. The zero-order chi connectivity index (χ0) is 16.3. The van der Waals surface area contributed by atoms with Crippen LogP contribution in [0.3, 0.4) is 0 Å². The molecule has 22 heavy (non-hydrogen) atoms. The van der Waals surface area contributed by atoms with E-state index < -0.39 is 23.2 Å². The summed E-state index contributed by atoms with van der Waals surface area (Å²) in [6, 6.07) is 2.85. The smallest absolute Gasteiger partial charge is 0.318 e. The zero-order valence-electron chi connectivity index (χ0n) is 12.9. The molecular formula is C16H22F2N2O2. The molecule has 1 aromatic carbocycles. The Balaban J connectivity index is 2.09. The van der Waals surface area contributed by atoms with Crippen molar-refractivity contribution in [3.63, 3.8) is 0 Å². The molecule has 1 saturated heterocycles. The molecule has 0 radical (unpaired) electrons. The Bertz CT molecular complexity index is 547. The summed E-state index contributed by atoms with van der Waals surface area (Å²) in [5.74, 6) is -1.84. The van der Waals surface area contributed by atoms with Crippen LogP contribution in [-0.4, -0.2) is 34.7 Å². The van der Waals surface area contributed by atoms with Gasteiger partial charge in [-0.3, -0.25) is 0 Å². The topological polar surface area (TPSA) is 52.6 Å². The first-order chi connectivity index (χ1) is 10.4. The van der Waals surface area contributed by atoms with Crippen LogP contribution in [0.2, 0.25) is 0 Å². The molecule has 1 aromatic rings. The molecule has 122 valence electrons. The SMILES string of the molecule is CC[C@@]1(CO)CCCN1C(=O)N[C@@H](C)c1ccc(F)c(F)c1. The van der Waals surface area contributed by atoms with E-state index in [1.807, 2.05) is 6.92 Å². The van der Waals surface area contributed by atoms with E-state index in [2.05, 4.69) is 5.32 Å². The van der Waals surface area contributed by atoms with Crippen LogP contribution < -0.4 is 5.32 Å². The summed E-state index contributed by atoms with van der Waals surface area (Å²) in [5, 5.41) is 12.4. The summed E-state index contributed by atoms with van der Waals surface area (Å²) in [5.41, 5.74) is -0.0183. The number of nitrogens with zero attached hydrogens (tertiary/aromatic N) is 1. The number of hydrogen-bond acceptors (Lipinski definition) is 2. The third kappa shape index (κ3) is 3.06. The number of amides is 2. The van der Waals surface area contributed by atoms with Crippen LogP contribution in [0.25, 0.3) is 0 Å². The number of urea groups is 1. The molecule has 1 aliphatic rings. The molecule has 6 heteroatoms. The molecule has 1 fully saturated rings. The van der Waals surface area contributed by atoms with E-state index in [-0.39, 0.29) is 12.6 Å². The van der Waals surface area contributed by atoms with Crippen LogP contribution in [0.1, 0.15) is 44.7 Å². The minimum Gasteiger partial charge on any atom is -0.394 e. The number of likely N-dealkylation sites (tertiary alicyclic amines) is 1. The van der Waals surface area contributed by atoms with Gasteiger partial charge in [-0.15, -0.1) is 0 Å². The lowest BCUT2D eigenvalue weighted by atomic mass is 9.94. The van der Waals surface area contributed by atoms with Crippen molar-refractivity contribution >= 4 is 6.03 Å². The van der Waals surface area contributed by atoms with Crippen LogP contribution in [0.15, 0.2) is 18.2 Å². The molecule has 1 heterocycles. The largest absolute Gasteiger partial charge is 0.394 e. The Hall–Kier alpha value is -1.69. The predicted octanol–water partition coefficient (Wildman–Crippen LogP) is 2.97. The highest BCUT2D eigenvalue weighted by Gasteiger charge is 2.41. The Morgan fingerprint density at radius 2 is 2.18 bits per heavy atom. The van der Waals surface area contributed by atoms with Crippen molar-refractivity contribution in [3.8, 4) is 0 Å². The van der Waals surface area contributed by atoms with Gasteiger partial charge in [0.1, 0.15) is 0 Å². The van der Waals surface area contributed by atoms with Gasteiger partial charge in [0, 0.05) is 6.54 Å². The van der Waals surface area contributed by atoms with E-state index in [9.17, 15) is 18.7 Å². The number of aliphatic hydroxyl groups excluding tert-OH is 1. The van der Waals surface area contributed by atoms with Crippen LogP contribution in [0.4, 0.5) is 13.6 Å². The van der Waals surface area contributed by atoms with Gasteiger partial charge in [-0.1, -0.05) is 13.0 Å². The molecule has 0 spiro atoms. The number of hydrogen-bond donors (Lipinski definition) is 2. The molecule has 0 saturated carbocycles. The molecule has 1 aliphatic heterocycles. The minimum absolute atomic E-state index is 0.0729. The van der Waals surface area contributed by atoms with Gasteiger partial charge in [-0.2, -0.15) is 0 Å². The van der Waals surface area contributed by atoms with Crippen molar-refractivity contribution in [2.24, 2.45) is 0 Å². The van der Waals surface area contributed by atoms with Gasteiger partial charge >= 0.3 is 6.03 Å². The van der Waals surface area contributed by atoms with Gasteiger partial charge in [-0.05, 0) is 43.9 Å². The van der Waals surface area contributed by atoms with Gasteiger partial charge in [0.15, 0.2) is 11.6 Å². The van der Waals surface area contributed by atoms with E-state index in [1.165, 1.54) is 6.07 Å². The Morgan fingerprint density at radius 3 is 2.77 bits per heavy atom. The molecule has 0 unspecified atom stereocenters. The molecule has 0 bridgehead atoms. The van der Waals surface area contributed by atoms with E-state index >= 15 is 0 Å². The van der Waals surface area contributed by atoms with Crippen LogP contribution in [0, 0.1) is 11.6 Å². The third-order valence-corrected chi connectivity index (χ3v) is 4.58. The van der Waals surface area contributed by atoms with Gasteiger partial charge in [0.2, 0.25) is 0 Å². The van der Waals surface area contributed by atoms with Crippen molar-refractivity contribution in [2.45, 2.75) is 44.7 Å². The van der Waals surface area contributed by atoms with Crippen LogP contribution >= 0.6 is 0 Å². The number of rotatable bonds is 4. The average Bonchev–Trinajstić information content (AvgIpc) is 2.94. The Morgan fingerprint density at radius 1 is 1.45 bits per heavy atom. The van der Waals surface area contributed by atoms with Crippen molar-refractivity contribution in [1.82, 2.24) is 10.2 Å². The van der Waals surface area contributed by atoms with E-state index in [0.29, 0.717) is 18.5 Å². The number of nitrogens with one attached hydrogen (secondary N) is 1. The monoisotopic (exact) mass is 312 g/mol. The maximum atomic E-state index is 13.3. The second kappa shape index (κ2) is 6.60. The van der Waals surface area contributed by atoms with Gasteiger partial charge in [0.25, 0.3) is 0 Å². The Kier molecular flexibility index (Phi) is 5.01. The first-order valence-corrected chi connectivity index (χ1v) is 7.57. The van der Waals surface area contributed by atoms with Gasteiger partial charge in [0.05, 0.1) is 18.2 Å². The summed E-state index contributed by atoms with van der Waals surface area (Å²) in [6.07, 6.45) is 2.30. The first kappa shape index (κ1) is 16.7. The number of aliphatic hydroxyl groups is 1. The minimum atomic E-state index is -0.932. The lowest BCUT2D eigenvalue weighted by Gasteiger charge is -2.37. The number of carbonyl (C=O) groups is 1. The Labute approximate surface area is 129 Å². The fourth-order valence-corrected chi connectivity index (χ4v) is 3.03. The van der Waals surface area contributed by atoms with Crippen LogP contribution in [0.5, 0.6) is 0 Å². The number of carbonyl (C=O) groups excluding carboxylic acids is 1. The second-order valence-corrected chi connectivity index (χ2v) is 5.84. The summed E-state index contributed by atoms with van der Waals surface area (Å²) in [7, 11) is 0. The van der Waals surface area contributed by atoms with Crippen molar-refractivity contribution in [3.05, 3.63) is 35.4 Å². The van der Waals surface area contributed by atoms with Crippen molar-refractivity contribution in [2.75, 3.05) is 13.2 Å². The average molecular weight is 312 g/mol. The van der Waals surface area contributed by atoms with Crippen molar-refractivity contribution in [1.29, 1.82) is 0 Å². The van der Waals surface area contributed by atoms with Crippen molar-refractivity contribution < 1.29 is 18.7 Å². The van der Waals surface area contributed by atoms with Gasteiger partial charge in [-0.25, -0.2) is 13.6 Å². The highest BCUT2D eigenvalue weighted by atomic mass is 19.2. The molecule has 0 aromatic heterocycles. The quantitative estimate of drug-likeness (QED) is 0.898. The van der Waals surface area contributed by atoms with Crippen LogP contribution in [-0.2, 0) is 0 Å². The highest BCUT2D eigenvalue weighted by molar-refractivity contribution is 5.76. The summed E-state index contributed by atoms with van der Waals surface area (Å²) >= 11 is 0. The standard InChI is InChI=1S/C16H22F2N2O2/c1-3-16(10-21)7-4-8-20(16)15(22)19-11(2)12-5-6-13(17)14(18)9-12/h5-6,9,11,21H,3-4,7-8,10H2,1-2H3,(H,19,22)/t11-,16-/m0/s1. The highest BCUT2D eigenvalue weighted by Crippen LogP contribution is 2.32. The summed E-state index contributed by atoms with van der Waals surface area (Å²) in [4.78, 5) is 14.1. The summed E-state index contributed by atoms with van der Waals surface area (Å²) < 4.78 is 26.2. The molecule has 2 rings (SSSR count). The number of halogens is 2. The first-order valence-electron chi connectivity index (χ1n) is 7.57. The lowest BCUT2D eigenvalue weighted by Crippen LogP contribution is -2.53. The molecule has 2 N–H and O–H groups in total. The zero-order valence-corrected chi connectivity index (χ0v) is 12.9. The molecular weight excluding hydrogens is 290 g/mol. The summed E-state index contributed by atoms with van der Waals surface area (Å²) in [6.45, 7) is 4.18. The lowest BCUT2D eigenvalue weighted by molar-refractivity contribution is 0.0799. The molecule has 2 atom stereocenters. The predicted molar refractivity (Wildman–Crippen MR) is 79.4 cm³/mol. The molecule has 0 aliphatic carbocycles. The number of benzene rings is 1. The molecule has 4 nitrogen and oxygen atoms in total. The molecule has 2 amide bonds. The van der Waals surface area contributed by atoms with E-state index in [1.54, 1.807) is 11.8 Å². The third-order valence-electron chi connectivity index (χ3n) is 4.58. The van der Waals surface area contributed by atoms with E-state index in [0.717, 1.165) is 25.0 Å². The fraction of sp³-hybridized carbons (Fsp3) is 0.562. The maximum absolute atomic E-state index is 13.3.